The van der Waals surface area contributed by atoms with Crippen LogP contribution in [0.5, 0.6) is 0 Å². The fourth-order valence-corrected chi connectivity index (χ4v) is 3.09. The maximum atomic E-state index is 12.1. The molecule has 1 aliphatic rings. The molecule has 0 aliphatic carbocycles. The summed E-state index contributed by atoms with van der Waals surface area (Å²) in [4.78, 5) is 0.381. The number of hydrogen-bond donors (Lipinski definition) is 1. The first kappa shape index (κ1) is 16.3. The van der Waals surface area contributed by atoms with Crippen LogP contribution in [0.3, 0.4) is 0 Å². The van der Waals surface area contributed by atoms with Gasteiger partial charge in [-0.15, -0.1) is 12.4 Å². The molecular weight excluding hydrogens is 264 g/mol. The van der Waals surface area contributed by atoms with Gasteiger partial charge in [-0.1, -0.05) is 18.2 Å². The van der Waals surface area contributed by atoms with Gasteiger partial charge in [0.1, 0.15) is 0 Å². The van der Waals surface area contributed by atoms with E-state index in [-0.39, 0.29) is 17.9 Å². The summed E-state index contributed by atoms with van der Waals surface area (Å²) < 4.78 is 25.7. The van der Waals surface area contributed by atoms with Crippen LogP contribution in [-0.4, -0.2) is 44.4 Å². The lowest BCUT2D eigenvalue weighted by Crippen LogP contribution is -2.46. The van der Waals surface area contributed by atoms with Gasteiger partial charge in [-0.2, -0.15) is 4.31 Å². The van der Waals surface area contributed by atoms with Crippen LogP contribution in [0, 0.1) is 0 Å². The van der Waals surface area contributed by atoms with E-state index in [4.69, 9.17) is 0 Å². The Hall–Kier alpha value is -0.660. The Morgan fingerprint density at radius 2 is 1.59 bits per heavy atom. The standard InChI is InChI=1S/C10H14N2O2S.ClH.H2O/c13-15(14,10-4-2-1-3-5-10)12-8-6-11-7-9-12;;/h1-5,11H,6-9H2;1H;1H2. The lowest BCUT2D eigenvalue weighted by atomic mass is 10.4. The highest BCUT2D eigenvalue weighted by Crippen LogP contribution is 2.14. The molecule has 1 aliphatic heterocycles. The van der Waals surface area contributed by atoms with E-state index >= 15 is 0 Å². The Bertz CT molecular complexity index is 418. The predicted molar refractivity (Wildman–Crippen MR) is 68.9 cm³/mol. The zero-order chi connectivity index (χ0) is 10.7. The molecule has 0 unspecified atom stereocenters. The summed E-state index contributed by atoms with van der Waals surface area (Å²) in [5, 5.41) is 3.13. The number of sulfonamides is 1. The minimum atomic E-state index is -3.27. The van der Waals surface area contributed by atoms with Gasteiger partial charge in [0.25, 0.3) is 0 Å². The van der Waals surface area contributed by atoms with Crippen LogP contribution in [0.15, 0.2) is 35.2 Å². The van der Waals surface area contributed by atoms with Gasteiger partial charge < -0.3 is 10.8 Å². The molecule has 0 radical (unpaired) electrons. The lowest BCUT2D eigenvalue weighted by Gasteiger charge is -2.26. The summed E-state index contributed by atoms with van der Waals surface area (Å²) in [6, 6.07) is 8.58. The molecule has 1 saturated heterocycles. The second-order valence-corrected chi connectivity index (χ2v) is 5.41. The minimum absolute atomic E-state index is 0. The van der Waals surface area contributed by atoms with Gasteiger partial charge in [0, 0.05) is 26.2 Å². The average Bonchev–Trinajstić information content (AvgIpc) is 2.31. The second-order valence-electron chi connectivity index (χ2n) is 3.47. The van der Waals surface area contributed by atoms with E-state index in [1.54, 1.807) is 24.3 Å². The van der Waals surface area contributed by atoms with Gasteiger partial charge in [0.05, 0.1) is 4.90 Å². The number of nitrogens with zero attached hydrogens (tertiary/aromatic N) is 1. The molecule has 0 bridgehead atoms. The van der Waals surface area contributed by atoms with Crippen molar-refractivity contribution in [2.45, 2.75) is 4.90 Å². The van der Waals surface area contributed by atoms with Crippen LogP contribution in [0.25, 0.3) is 0 Å². The van der Waals surface area contributed by atoms with Crippen LogP contribution >= 0.6 is 12.4 Å². The molecular formula is C10H17ClN2O3S. The molecule has 1 aromatic rings. The van der Waals surface area contributed by atoms with Gasteiger partial charge in [0.15, 0.2) is 0 Å². The van der Waals surface area contributed by atoms with Gasteiger partial charge in [0.2, 0.25) is 10.0 Å². The molecule has 7 heteroatoms. The number of hydrogen-bond acceptors (Lipinski definition) is 3. The molecule has 5 nitrogen and oxygen atoms in total. The van der Waals surface area contributed by atoms with Crippen LogP contribution in [0.4, 0.5) is 0 Å². The summed E-state index contributed by atoms with van der Waals surface area (Å²) >= 11 is 0. The van der Waals surface area contributed by atoms with Crippen molar-refractivity contribution in [2.24, 2.45) is 0 Å². The molecule has 1 heterocycles. The first-order valence-electron chi connectivity index (χ1n) is 4.97. The zero-order valence-electron chi connectivity index (χ0n) is 9.30. The van der Waals surface area contributed by atoms with E-state index in [0.717, 1.165) is 13.1 Å². The smallest absolute Gasteiger partial charge is 0.243 e. The third-order valence-electron chi connectivity index (χ3n) is 2.46. The van der Waals surface area contributed by atoms with Gasteiger partial charge in [-0.25, -0.2) is 8.42 Å². The van der Waals surface area contributed by atoms with Gasteiger partial charge in [-0.3, -0.25) is 0 Å². The van der Waals surface area contributed by atoms with E-state index in [1.165, 1.54) is 4.31 Å². The van der Waals surface area contributed by atoms with E-state index in [1.807, 2.05) is 6.07 Å². The second kappa shape index (κ2) is 6.93. The Morgan fingerprint density at radius 3 is 2.12 bits per heavy atom. The molecule has 98 valence electrons. The molecule has 17 heavy (non-hydrogen) atoms. The molecule has 0 aromatic heterocycles. The molecule has 1 fully saturated rings. The third-order valence-corrected chi connectivity index (χ3v) is 4.37. The molecule has 0 saturated carbocycles. The Kier molecular flexibility index (Phi) is 6.66. The maximum absolute atomic E-state index is 12.1. The number of nitrogens with one attached hydrogen (secondary N) is 1. The largest absolute Gasteiger partial charge is 0.412 e. The number of halogens is 1. The fraction of sp³-hybridized carbons (Fsp3) is 0.400. The Balaban J connectivity index is 0.00000128. The minimum Gasteiger partial charge on any atom is -0.412 e. The maximum Gasteiger partial charge on any atom is 0.243 e. The van der Waals surface area contributed by atoms with Crippen LogP contribution < -0.4 is 5.32 Å². The predicted octanol–water partition coefficient (Wildman–Crippen LogP) is -0.122. The van der Waals surface area contributed by atoms with Crippen molar-refractivity contribution in [2.75, 3.05) is 26.2 Å². The topological polar surface area (TPSA) is 80.9 Å². The summed E-state index contributed by atoms with van der Waals surface area (Å²) in [5.74, 6) is 0. The van der Waals surface area contributed by atoms with Crippen LogP contribution in [0.2, 0.25) is 0 Å². The highest BCUT2D eigenvalue weighted by Gasteiger charge is 2.25. The van der Waals surface area contributed by atoms with Crippen molar-refractivity contribution in [1.82, 2.24) is 9.62 Å². The first-order chi connectivity index (χ1) is 7.21. The highest BCUT2D eigenvalue weighted by atomic mass is 35.5. The monoisotopic (exact) mass is 280 g/mol. The SMILES string of the molecule is Cl.O.O=S(=O)(c1ccccc1)N1CCNCC1. The zero-order valence-corrected chi connectivity index (χ0v) is 10.9. The molecule has 1 aromatic carbocycles. The van der Waals surface area contributed by atoms with E-state index < -0.39 is 10.0 Å². The highest BCUT2D eigenvalue weighted by molar-refractivity contribution is 7.89. The van der Waals surface area contributed by atoms with Crippen LogP contribution in [0.1, 0.15) is 0 Å². The van der Waals surface area contributed by atoms with E-state index in [2.05, 4.69) is 5.32 Å². The van der Waals surface area contributed by atoms with Gasteiger partial charge in [-0.05, 0) is 12.1 Å². The van der Waals surface area contributed by atoms with Crippen molar-refractivity contribution in [3.05, 3.63) is 30.3 Å². The molecule has 2 rings (SSSR count). The van der Waals surface area contributed by atoms with Crippen molar-refractivity contribution < 1.29 is 13.9 Å². The summed E-state index contributed by atoms with van der Waals surface area (Å²) in [6.07, 6.45) is 0. The first-order valence-corrected chi connectivity index (χ1v) is 6.41. The van der Waals surface area contributed by atoms with Crippen molar-refractivity contribution in [3.63, 3.8) is 0 Å². The normalized spacial score (nSPS) is 16.7. The molecule has 0 atom stereocenters. The summed E-state index contributed by atoms with van der Waals surface area (Å²) in [7, 11) is -3.27. The van der Waals surface area contributed by atoms with Crippen LogP contribution in [-0.2, 0) is 10.0 Å². The van der Waals surface area contributed by atoms with Gasteiger partial charge >= 0.3 is 0 Å². The summed E-state index contributed by atoms with van der Waals surface area (Å²) in [6.45, 7) is 2.56. The van der Waals surface area contributed by atoms with E-state index in [0.29, 0.717) is 18.0 Å². The Morgan fingerprint density at radius 1 is 1.06 bits per heavy atom. The molecule has 0 amide bonds. The average molecular weight is 281 g/mol. The van der Waals surface area contributed by atoms with Crippen molar-refractivity contribution in [1.29, 1.82) is 0 Å². The van der Waals surface area contributed by atoms with E-state index in [9.17, 15) is 8.42 Å². The molecule has 3 N–H and O–H groups in total. The number of rotatable bonds is 2. The lowest BCUT2D eigenvalue weighted by molar-refractivity contribution is 0.360. The summed E-state index contributed by atoms with van der Waals surface area (Å²) in [5.41, 5.74) is 0. The molecule has 0 spiro atoms. The number of piperazine rings is 1. The fourth-order valence-electron chi connectivity index (χ4n) is 1.63. The van der Waals surface area contributed by atoms with Crippen molar-refractivity contribution >= 4 is 22.4 Å². The Labute approximate surface area is 108 Å². The third kappa shape index (κ3) is 3.65. The van der Waals surface area contributed by atoms with Crippen molar-refractivity contribution in [3.8, 4) is 0 Å². The number of benzene rings is 1. The quantitative estimate of drug-likeness (QED) is 0.820.